The Labute approximate surface area is 141 Å². The van der Waals surface area contributed by atoms with Gasteiger partial charge in [0.05, 0.1) is 6.10 Å². The maximum atomic E-state index is 11.1. The lowest BCUT2D eigenvalue weighted by atomic mass is 9.65. The molecule has 0 radical (unpaired) electrons. The summed E-state index contributed by atoms with van der Waals surface area (Å²) in [6, 6.07) is 9.38. The van der Waals surface area contributed by atoms with Gasteiger partial charge in [-0.05, 0) is 65.6 Å². The zero-order valence-electron chi connectivity index (χ0n) is 13.5. The maximum Gasteiger partial charge on any atom is 0.380 e. The molecule has 3 N–H and O–H groups in total. The minimum atomic E-state index is -4.02. The SMILES string of the molecule is C[C@]12CCc3c(ccc4cc(OS(N)(=O)=O)ccc34)[C@@H]1CCC2O. The molecular weight excluding hydrogens is 326 g/mol. The Morgan fingerprint density at radius 2 is 2.04 bits per heavy atom. The number of aryl methyl sites for hydroxylation is 1. The van der Waals surface area contributed by atoms with E-state index in [1.807, 2.05) is 12.1 Å². The minimum Gasteiger partial charge on any atom is -0.393 e. The van der Waals surface area contributed by atoms with Crippen molar-refractivity contribution in [1.29, 1.82) is 0 Å². The van der Waals surface area contributed by atoms with Gasteiger partial charge < -0.3 is 9.29 Å². The molecule has 1 saturated carbocycles. The molecule has 2 aliphatic rings. The Morgan fingerprint density at radius 3 is 2.79 bits per heavy atom. The fraction of sp³-hybridized carbons (Fsp3) is 0.444. The molecule has 1 fully saturated rings. The quantitative estimate of drug-likeness (QED) is 0.874. The largest absolute Gasteiger partial charge is 0.393 e. The number of fused-ring (bicyclic) bond motifs is 5. The van der Waals surface area contributed by atoms with Gasteiger partial charge in [-0.25, -0.2) is 0 Å². The van der Waals surface area contributed by atoms with E-state index in [9.17, 15) is 13.5 Å². The molecule has 0 aliphatic heterocycles. The van der Waals surface area contributed by atoms with Gasteiger partial charge in [0, 0.05) is 5.41 Å². The lowest BCUT2D eigenvalue weighted by molar-refractivity contribution is 0.0459. The fourth-order valence-electron chi connectivity index (χ4n) is 4.64. The van der Waals surface area contributed by atoms with Crippen LogP contribution in [0.4, 0.5) is 0 Å². The highest BCUT2D eigenvalue weighted by molar-refractivity contribution is 7.84. The standard InChI is InChI=1S/C18H21NO4S/c1-18-9-8-14-13-5-3-12(23-24(19,21)22)10-11(13)2-4-15(14)16(18)6-7-17(18)20/h2-5,10,16-17,20H,6-9H2,1H3,(H2,19,21,22)/t16-,17?,18-/m0/s1. The van der Waals surface area contributed by atoms with Gasteiger partial charge in [-0.15, -0.1) is 0 Å². The van der Waals surface area contributed by atoms with E-state index >= 15 is 0 Å². The van der Waals surface area contributed by atoms with Crippen LogP contribution in [-0.4, -0.2) is 19.6 Å². The van der Waals surface area contributed by atoms with Gasteiger partial charge in [0.1, 0.15) is 5.75 Å². The smallest absolute Gasteiger partial charge is 0.380 e. The molecule has 2 aliphatic carbocycles. The van der Waals surface area contributed by atoms with Crippen LogP contribution in [0.1, 0.15) is 43.2 Å². The zero-order chi connectivity index (χ0) is 17.1. The van der Waals surface area contributed by atoms with E-state index < -0.39 is 10.3 Å². The second-order valence-electron chi connectivity index (χ2n) is 7.24. The summed E-state index contributed by atoms with van der Waals surface area (Å²) in [7, 11) is -4.02. The van der Waals surface area contributed by atoms with Crippen molar-refractivity contribution >= 4 is 21.1 Å². The Bertz CT molecular complexity index is 924. The van der Waals surface area contributed by atoms with Gasteiger partial charge in [-0.3, -0.25) is 0 Å². The first-order valence-electron chi connectivity index (χ1n) is 8.24. The maximum absolute atomic E-state index is 11.1. The molecule has 0 bridgehead atoms. The summed E-state index contributed by atoms with van der Waals surface area (Å²) >= 11 is 0. The van der Waals surface area contributed by atoms with E-state index in [4.69, 9.17) is 9.32 Å². The van der Waals surface area contributed by atoms with Crippen LogP contribution in [0.25, 0.3) is 10.8 Å². The summed E-state index contributed by atoms with van der Waals surface area (Å²) in [5.41, 5.74) is 2.61. The first-order valence-corrected chi connectivity index (χ1v) is 9.71. The van der Waals surface area contributed by atoms with E-state index in [1.54, 1.807) is 12.1 Å². The van der Waals surface area contributed by atoms with Gasteiger partial charge in [0.15, 0.2) is 0 Å². The average molecular weight is 347 g/mol. The van der Waals surface area contributed by atoms with Crippen molar-refractivity contribution in [2.45, 2.75) is 44.6 Å². The van der Waals surface area contributed by atoms with Crippen molar-refractivity contribution < 1.29 is 17.7 Å². The highest BCUT2D eigenvalue weighted by atomic mass is 32.2. The summed E-state index contributed by atoms with van der Waals surface area (Å²) in [5, 5.41) is 17.4. The van der Waals surface area contributed by atoms with Crippen molar-refractivity contribution in [3.8, 4) is 5.75 Å². The number of hydrogen-bond donors (Lipinski definition) is 2. The number of nitrogens with two attached hydrogens (primary N) is 1. The van der Waals surface area contributed by atoms with E-state index in [0.29, 0.717) is 5.92 Å². The summed E-state index contributed by atoms with van der Waals surface area (Å²) in [6.07, 6.45) is 3.55. The normalized spacial score (nSPS) is 29.3. The second-order valence-corrected chi connectivity index (χ2v) is 8.40. The topological polar surface area (TPSA) is 89.6 Å². The number of rotatable bonds is 2. The molecule has 0 aromatic heterocycles. The third-order valence-electron chi connectivity index (χ3n) is 5.93. The molecule has 4 rings (SSSR count). The lowest BCUT2D eigenvalue weighted by Crippen LogP contribution is -2.35. The molecule has 128 valence electrons. The summed E-state index contributed by atoms with van der Waals surface area (Å²) in [4.78, 5) is 0. The Hall–Kier alpha value is -1.63. The van der Waals surface area contributed by atoms with Crippen LogP contribution in [0.15, 0.2) is 30.3 Å². The van der Waals surface area contributed by atoms with Gasteiger partial charge in [0.25, 0.3) is 0 Å². The minimum absolute atomic E-state index is 0.0304. The number of hydrogen-bond acceptors (Lipinski definition) is 4. The first kappa shape index (κ1) is 15.9. The van der Waals surface area contributed by atoms with E-state index in [2.05, 4.69) is 13.0 Å². The van der Waals surface area contributed by atoms with E-state index in [-0.39, 0.29) is 17.3 Å². The third-order valence-corrected chi connectivity index (χ3v) is 6.35. The second kappa shape index (κ2) is 5.18. The molecule has 3 atom stereocenters. The Morgan fingerprint density at radius 1 is 1.25 bits per heavy atom. The number of aliphatic hydroxyl groups excluding tert-OH is 1. The number of aliphatic hydroxyl groups is 1. The molecule has 2 aromatic rings. The molecule has 6 heteroatoms. The molecule has 2 aromatic carbocycles. The summed E-state index contributed by atoms with van der Waals surface area (Å²) < 4.78 is 27.0. The van der Waals surface area contributed by atoms with Crippen molar-refractivity contribution in [1.82, 2.24) is 0 Å². The van der Waals surface area contributed by atoms with Gasteiger partial charge in [-0.2, -0.15) is 13.6 Å². The van der Waals surface area contributed by atoms with Crippen LogP contribution in [0.5, 0.6) is 5.75 Å². The van der Waals surface area contributed by atoms with Gasteiger partial charge in [0.2, 0.25) is 0 Å². The molecule has 0 amide bonds. The highest BCUT2D eigenvalue weighted by Crippen LogP contribution is 2.56. The molecule has 0 heterocycles. The molecule has 24 heavy (non-hydrogen) atoms. The summed E-state index contributed by atoms with van der Waals surface area (Å²) in [5.74, 6) is 0.614. The van der Waals surface area contributed by atoms with E-state index in [0.717, 1.165) is 36.5 Å². The molecule has 5 nitrogen and oxygen atoms in total. The average Bonchev–Trinajstić information content (AvgIpc) is 2.81. The van der Waals surface area contributed by atoms with Crippen molar-refractivity contribution in [2.24, 2.45) is 10.6 Å². The van der Waals surface area contributed by atoms with Crippen LogP contribution < -0.4 is 9.32 Å². The lowest BCUT2D eigenvalue weighted by Gasteiger charge is -2.40. The zero-order valence-corrected chi connectivity index (χ0v) is 14.3. The third kappa shape index (κ3) is 2.41. The Kier molecular flexibility index (Phi) is 3.43. The Balaban J connectivity index is 1.81. The van der Waals surface area contributed by atoms with Crippen LogP contribution in [-0.2, 0) is 16.7 Å². The first-order chi connectivity index (χ1) is 11.3. The van der Waals surface area contributed by atoms with E-state index in [1.165, 1.54) is 11.1 Å². The van der Waals surface area contributed by atoms with Crippen LogP contribution >= 0.6 is 0 Å². The van der Waals surface area contributed by atoms with Crippen molar-refractivity contribution in [2.75, 3.05) is 0 Å². The fourth-order valence-corrected chi connectivity index (χ4v) is 5.01. The van der Waals surface area contributed by atoms with Crippen LogP contribution in [0, 0.1) is 5.41 Å². The predicted molar refractivity (Wildman–Crippen MR) is 92.1 cm³/mol. The molecule has 1 unspecified atom stereocenters. The van der Waals surface area contributed by atoms with Crippen molar-refractivity contribution in [3.05, 3.63) is 41.5 Å². The van der Waals surface area contributed by atoms with Crippen molar-refractivity contribution in [3.63, 3.8) is 0 Å². The predicted octanol–water partition coefficient (Wildman–Crippen LogP) is 2.61. The van der Waals surface area contributed by atoms with Gasteiger partial charge in [-0.1, -0.05) is 25.1 Å². The summed E-state index contributed by atoms with van der Waals surface area (Å²) in [6.45, 7) is 2.20. The monoisotopic (exact) mass is 347 g/mol. The van der Waals surface area contributed by atoms with Crippen LogP contribution in [0.2, 0.25) is 0 Å². The molecule has 0 saturated heterocycles. The molecular formula is C18H21NO4S. The highest BCUT2D eigenvalue weighted by Gasteiger charge is 2.49. The number of benzene rings is 2. The van der Waals surface area contributed by atoms with Crippen LogP contribution in [0.3, 0.4) is 0 Å². The molecule has 0 spiro atoms. The van der Waals surface area contributed by atoms with Gasteiger partial charge >= 0.3 is 10.3 Å².